The second-order valence-corrected chi connectivity index (χ2v) is 7.41. The standard InChI is InChI=1S/C17H16ClN3O3S/c1-21(8-11-4-6-14(18)25-11)9-15-19-13-7-10(17(23)24-2)3-5-12(13)16(22)20-15/h3-7H,8-9H2,1-2H3,(H,19,20,22). The topological polar surface area (TPSA) is 75.3 Å². The molecule has 0 aliphatic heterocycles. The lowest BCUT2D eigenvalue weighted by atomic mass is 10.1. The van der Waals surface area contributed by atoms with Crippen molar-refractivity contribution in [2.24, 2.45) is 0 Å². The number of carbonyl (C=O) groups is 1. The summed E-state index contributed by atoms with van der Waals surface area (Å²) in [5.74, 6) is 0.0712. The van der Waals surface area contributed by atoms with Gasteiger partial charge >= 0.3 is 5.97 Å². The molecule has 0 saturated heterocycles. The van der Waals surface area contributed by atoms with Crippen LogP contribution in [0.25, 0.3) is 10.9 Å². The maximum absolute atomic E-state index is 12.2. The average Bonchev–Trinajstić information content (AvgIpc) is 2.98. The summed E-state index contributed by atoms with van der Waals surface area (Å²) in [6, 6.07) is 8.54. The number of aromatic amines is 1. The maximum atomic E-state index is 12.2. The normalized spacial score (nSPS) is 11.2. The van der Waals surface area contributed by atoms with Gasteiger partial charge in [-0.3, -0.25) is 9.69 Å². The summed E-state index contributed by atoms with van der Waals surface area (Å²) in [7, 11) is 3.25. The number of aromatic nitrogens is 2. The zero-order valence-electron chi connectivity index (χ0n) is 13.7. The van der Waals surface area contributed by atoms with Gasteiger partial charge < -0.3 is 9.72 Å². The fourth-order valence-corrected chi connectivity index (χ4v) is 3.69. The fourth-order valence-electron chi connectivity index (χ4n) is 2.52. The van der Waals surface area contributed by atoms with E-state index in [1.54, 1.807) is 18.2 Å². The number of carbonyl (C=O) groups excluding carboxylic acids is 1. The van der Waals surface area contributed by atoms with Crippen LogP contribution in [0.2, 0.25) is 4.34 Å². The summed E-state index contributed by atoms with van der Waals surface area (Å²) in [6.45, 7) is 1.16. The minimum absolute atomic E-state index is 0.232. The van der Waals surface area contributed by atoms with Crippen LogP contribution in [0.1, 0.15) is 21.1 Å². The highest BCUT2D eigenvalue weighted by Gasteiger charge is 2.11. The molecule has 2 aromatic heterocycles. The Morgan fingerprint density at radius 2 is 2.12 bits per heavy atom. The molecule has 6 nitrogen and oxygen atoms in total. The Morgan fingerprint density at radius 1 is 1.32 bits per heavy atom. The minimum Gasteiger partial charge on any atom is -0.465 e. The third-order valence-electron chi connectivity index (χ3n) is 3.65. The van der Waals surface area contributed by atoms with E-state index in [0.717, 1.165) is 9.21 Å². The molecule has 1 N–H and O–H groups in total. The summed E-state index contributed by atoms with van der Waals surface area (Å²) in [4.78, 5) is 34.3. The van der Waals surface area contributed by atoms with E-state index in [4.69, 9.17) is 16.3 Å². The van der Waals surface area contributed by atoms with Gasteiger partial charge in [-0.2, -0.15) is 0 Å². The molecule has 0 saturated carbocycles. The van der Waals surface area contributed by atoms with Crippen LogP contribution in [0.4, 0.5) is 0 Å². The molecule has 0 radical (unpaired) electrons. The molecule has 0 aliphatic carbocycles. The molecule has 130 valence electrons. The van der Waals surface area contributed by atoms with E-state index >= 15 is 0 Å². The predicted octanol–water partition coefficient (Wildman–Crippen LogP) is 3.06. The van der Waals surface area contributed by atoms with Crippen molar-refractivity contribution in [2.75, 3.05) is 14.2 Å². The molecule has 0 bridgehead atoms. The third-order valence-corrected chi connectivity index (χ3v) is 4.87. The van der Waals surface area contributed by atoms with Crippen molar-refractivity contribution in [2.45, 2.75) is 13.1 Å². The lowest BCUT2D eigenvalue weighted by Crippen LogP contribution is -2.21. The Kier molecular flexibility index (Phi) is 5.17. The van der Waals surface area contributed by atoms with Gasteiger partial charge in [0.25, 0.3) is 5.56 Å². The van der Waals surface area contributed by atoms with E-state index in [1.807, 2.05) is 24.1 Å². The number of ether oxygens (including phenoxy) is 1. The van der Waals surface area contributed by atoms with Gasteiger partial charge in [0.1, 0.15) is 5.82 Å². The molecule has 0 aliphatic rings. The first kappa shape index (κ1) is 17.6. The number of nitrogens with zero attached hydrogens (tertiary/aromatic N) is 2. The number of fused-ring (bicyclic) bond motifs is 1. The summed E-state index contributed by atoms with van der Waals surface area (Å²) >= 11 is 7.46. The van der Waals surface area contributed by atoms with Gasteiger partial charge in [0.05, 0.1) is 34.5 Å². The van der Waals surface area contributed by atoms with E-state index in [2.05, 4.69) is 9.97 Å². The number of nitrogens with one attached hydrogen (secondary N) is 1. The minimum atomic E-state index is -0.461. The molecule has 0 unspecified atom stereocenters. The average molecular weight is 378 g/mol. The van der Waals surface area contributed by atoms with Crippen LogP contribution in [0.5, 0.6) is 0 Å². The van der Waals surface area contributed by atoms with E-state index in [-0.39, 0.29) is 5.56 Å². The number of benzene rings is 1. The molecular weight excluding hydrogens is 362 g/mol. The number of thiophene rings is 1. The molecule has 2 heterocycles. The largest absolute Gasteiger partial charge is 0.465 e. The van der Waals surface area contributed by atoms with Crippen molar-refractivity contribution in [3.8, 4) is 0 Å². The van der Waals surface area contributed by atoms with Crippen LogP contribution in [0, 0.1) is 0 Å². The predicted molar refractivity (Wildman–Crippen MR) is 98.2 cm³/mol. The molecule has 25 heavy (non-hydrogen) atoms. The number of H-pyrrole nitrogens is 1. The molecular formula is C17H16ClN3O3S. The van der Waals surface area contributed by atoms with E-state index in [0.29, 0.717) is 35.4 Å². The van der Waals surface area contributed by atoms with Crippen LogP contribution >= 0.6 is 22.9 Å². The number of rotatable bonds is 5. The zero-order valence-corrected chi connectivity index (χ0v) is 15.3. The number of halogens is 1. The fraction of sp³-hybridized carbons (Fsp3) is 0.235. The van der Waals surface area contributed by atoms with Gasteiger partial charge in [-0.05, 0) is 37.4 Å². The number of esters is 1. The molecule has 1 aromatic carbocycles. The Labute approximate surface area is 153 Å². The van der Waals surface area contributed by atoms with Crippen molar-refractivity contribution >= 4 is 39.8 Å². The highest BCUT2D eigenvalue weighted by atomic mass is 35.5. The van der Waals surface area contributed by atoms with Gasteiger partial charge in [-0.15, -0.1) is 11.3 Å². The second-order valence-electron chi connectivity index (χ2n) is 5.61. The quantitative estimate of drug-likeness (QED) is 0.691. The maximum Gasteiger partial charge on any atom is 0.337 e. The summed E-state index contributed by atoms with van der Waals surface area (Å²) < 4.78 is 5.45. The molecule has 3 aromatic rings. The smallest absolute Gasteiger partial charge is 0.337 e. The first-order valence-corrected chi connectivity index (χ1v) is 8.70. The Bertz CT molecular complexity index is 983. The van der Waals surface area contributed by atoms with E-state index in [9.17, 15) is 9.59 Å². The van der Waals surface area contributed by atoms with Gasteiger partial charge in [0, 0.05) is 11.4 Å². The summed E-state index contributed by atoms with van der Waals surface area (Å²) in [5, 5.41) is 0.434. The zero-order chi connectivity index (χ0) is 18.0. The van der Waals surface area contributed by atoms with Crippen molar-refractivity contribution in [1.29, 1.82) is 0 Å². The summed E-state index contributed by atoms with van der Waals surface area (Å²) in [6.07, 6.45) is 0. The van der Waals surface area contributed by atoms with Crippen molar-refractivity contribution in [3.05, 3.63) is 61.3 Å². The van der Waals surface area contributed by atoms with Crippen molar-refractivity contribution in [1.82, 2.24) is 14.9 Å². The molecule has 0 spiro atoms. The van der Waals surface area contributed by atoms with Crippen LogP contribution in [-0.2, 0) is 17.8 Å². The molecule has 0 atom stereocenters. The van der Waals surface area contributed by atoms with Crippen LogP contribution in [0.15, 0.2) is 35.1 Å². The SMILES string of the molecule is COC(=O)c1ccc2c(=O)[nH]c(CN(C)Cc3ccc(Cl)s3)nc2c1. The van der Waals surface area contributed by atoms with Crippen LogP contribution < -0.4 is 5.56 Å². The van der Waals surface area contributed by atoms with E-state index < -0.39 is 5.97 Å². The second kappa shape index (κ2) is 7.35. The molecule has 0 amide bonds. The van der Waals surface area contributed by atoms with Gasteiger partial charge in [-0.1, -0.05) is 11.6 Å². The Balaban J connectivity index is 1.85. The third kappa shape index (κ3) is 4.07. The molecule has 0 fully saturated rings. The van der Waals surface area contributed by atoms with Crippen molar-refractivity contribution < 1.29 is 9.53 Å². The first-order valence-electron chi connectivity index (χ1n) is 7.50. The first-order chi connectivity index (χ1) is 12.0. The van der Waals surface area contributed by atoms with Gasteiger partial charge in [0.2, 0.25) is 0 Å². The number of methoxy groups -OCH3 is 1. The molecule has 8 heteroatoms. The lowest BCUT2D eigenvalue weighted by molar-refractivity contribution is 0.0601. The monoisotopic (exact) mass is 377 g/mol. The highest BCUT2D eigenvalue weighted by molar-refractivity contribution is 7.16. The lowest BCUT2D eigenvalue weighted by Gasteiger charge is -2.15. The number of hydrogen-bond acceptors (Lipinski definition) is 6. The van der Waals surface area contributed by atoms with Crippen LogP contribution in [-0.4, -0.2) is 35.0 Å². The Hall–Kier alpha value is -2.22. The highest BCUT2D eigenvalue weighted by Crippen LogP contribution is 2.22. The van der Waals surface area contributed by atoms with Crippen molar-refractivity contribution in [3.63, 3.8) is 0 Å². The van der Waals surface area contributed by atoms with Gasteiger partial charge in [0.15, 0.2) is 0 Å². The van der Waals surface area contributed by atoms with Crippen LogP contribution in [0.3, 0.4) is 0 Å². The van der Waals surface area contributed by atoms with E-state index in [1.165, 1.54) is 18.4 Å². The number of hydrogen-bond donors (Lipinski definition) is 1. The molecule has 3 rings (SSSR count). The summed E-state index contributed by atoms with van der Waals surface area (Å²) in [5.41, 5.74) is 0.596. The Morgan fingerprint density at radius 3 is 2.80 bits per heavy atom. The van der Waals surface area contributed by atoms with Gasteiger partial charge in [-0.25, -0.2) is 9.78 Å².